The Bertz CT molecular complexity index is 945. The zero-order chi connectivity index (χ0) is 22.4. The number of urea groups is 1. The second-order valence-corrected chi connectivity index (χ2v) is 7.57. The molecule has 3 amide bonds. The van der Waals surface area contributed by atoms with Gasteiger partial charge in [0.1, 0.15) is 5.75 Å². The Hall–Kier alpha value is -3.26. The SMILES string of the molecule is COc1ccc(NC(=O)[C@@H](OC(=O)C2CCN(C(N)=O)CC2)c2ccccc2)cc1Cl. The summed E-state index contributed by atoms with van der Waals surface area (Å²) in [6.45, 7) is 0.753. The Kier molecular flexibility index (Phi) is 7.36. The Balaban J connectivity index is 1.73. The highest BCUT2D eigenvalue weighted by Crippen LogP contribution is 2.29. The van der Waals surface area contributed by atoms with Crippen molar-refractivity contribution in [2.24, 2.45) is 11.7 Å². The van der Waals surface area contributed by atoms with Crippen LogP contribution in [0, 0.1) is 5.92 Å². The van der Waals surface area contributed by atoms with Gasteiger partial charge < -0.3 is 25.4 Å². The zero-order valence-electron chi connectivity index (χ0n) is 17.0. The molecule has 2 aromatic rings. The lowest BCUT2D eigenvalue weighted by Crippen LogP contribution is -2.43. The number of hydrogen-bond donors (Lipinski definition) is 2. The number of halogens is 1. The molecule has 0 bridgehead atoms. The minimum atomic E-state index is -1.14. The molecule has 3 rings (SSSR count). The van der Waals surface area contributed by atoms with E-state index in [1.165, 1.54) is 12.0 Å². The lowest BCUT2D eigenvalue weighted by molar-refractivity contribution is -0.160. The first-order valence-electron chi connectivity index (χ1n) is 9.83. The van der Waals surface area contributed by atoms with Gasteiger partial charge in [-0.15, -0.1) is 0 Å². The number of carbonyl (C=O) groups is 3. The number of benzene rings is 2. The molecule has 1 fully saturated rings. The van der Waals surface area contributed by atoms with Crippen molar-refractivity contribution in [1.82, 2.24) is 4.90 Å². The van der Waals surface area contributed by atoms with Gasteiger partial charge in [-0.1, -0.05) is 41.9 Å². The lowest BCUT2D eigenvalue weighted by atomic mass is 9.97. The molecule has 1 aliphatic heterocycles. The molecule has 9 heteroatoms. The molecule has 3 N–H and O–H groups in total. The lowest BCUT2D eigenvalue weighted by Gasteiger charge is -2.30. The number of carbonyl (C=O) groups excluding carboxylic acids is 3. The van der Waals surface area contributed by atoms with E-state index in [9.17, 15) is 14.4 Å². The summed E-state index contributed by atoms with van der Waals surface area (Å²) >= 11 is 6.13. The number of amides is 3. The van der Waals surface area contributed by atoms with Gasteiger partial charge >= 0.3 is 12.0 Å². The first-order chi connectivity index (χ1) is 14.9. The average molecular weight is 446 g/mol. The van der Waals surface area contributed by atoms with Crippen LogP contribution in [-0.4, -0.2) is 43.0 Å². The first-order valence-corrected chi connectivity index (χ1v) is 10.2. The number of nitrogens with zero attached hydrogens (tertiary/aromatic N) is 1. The van der Waals surface area contributed by atoms with Crippen LogP contribution < -0.4 is 15.8 Å². The highest BCUT2D eigenvalue weighted by atomic mass is 35.5. The van der Waals surface area contributed by atoms with Crippen molar-refractivity contribution in [3.8, 4) is 5.75 Å². The number of ether oxygens (including phenoxy) is 2. The summed E-state index contributed by atoms with van der Waals surface area (Å²) in [4.78, 5) is 38.6. The summed E-state index contributed by atoms with van der Waals surface area (Å²) in [5.74, 6) is -0.922. The Labute approximate surface area is 185 Å². The number of methoxy groups -OCH3 is 1. The number of piperidine rings is 1. The minimum Gasteiger partial charge on any atom is -0.495 e. The molecule has 0 saturated carbocycles. The van der Waals surface area contributed by atoms with E-state index in [2.05, 4.69) is 5.32 Å². The molecular weight excluding hydrogens is 422 g/mol. The fourth-order valence-corrected chi connectivity index (χ4v) is 3.66. The fraction of sp³-hybridized carbons (Fsp3) is 0.318. The van der Waals surface area contributed by atoms with Crippen LogP contribution in [0.4, 0.5) is 10.5 Å². The molecule has 0 radical (unpaired) electrons. The maximum absolute atomic E-state index is 13.0. The summed E-state index contributed by atoms with van der Waals surface area (Å²) in [7, 11) is 1.50. The number of nitrogens with two attached hydrogens (primary N) is 1. The van der Waals surface area contributed by atoms with Gasteiger partial charge in [-0.05, 0) is 31.0 Å². The third kappa shape index (κ3) is 5.67. The molecule has 0 aromatic heterocycles. The topological polar surface area (TPSA) is 111 Å². The van der Waals surface area contributed by atoms with Gasteiger partial charge in [0.05, 0.1) is 18.1 Å². The number of hydrogen-bond acceptors (Lipinski definition) is 5. The van der Waals surface area contributed by atoms with Crippen molar-refractivity contribution in [2.45, 2.75) is 18.9 Å². The predicted octanol–water partition coefficient (Wildman–Crippen LogP) is 3.36. The number of likely N-dealkylation sites (tertiary alicyclic amines) is 1. The van der Waals surface area contributed by atoms with Crippen LogP contribution in [-0.2, 0) is 14.3 Å². The molecule has 0 unspecified atom stereocenters. The van der Waals surface area contributed by atoms with E-state index in [0.717, 1.165) is 0 Å². The van der Waals surface area contributed by atoms with Crippen molar-refractivity contribution < 1.29 is 23.9 Å². The highest BCUT2D eigenvalue weighted by Gasteiger charge is 2.32. The maximum atomic E-state index is 13.0. The van der Waals surface area contributed by atoms with E-state index < -0.39 is 29.9 Å². The maximum Gasteiger partial charge on any atom is 0.314 e. The van der Waals surface area contributed by atoms with E-state index in [1.807, 2.05) is 6.07 Å². The minimum absolute atomic E-state index is 0.342. The molecule has 0 aliphatic carbocycles. The van der Waals surface area contributed by atoms with Gasteiger partial charge in [0.2, 0.25) is 6.10 Å². The summed E-state index contributed by atoms with van der Waals surface area (Å²) in [6.07, 6.45) is -0.276. The molecule has 31 heavy (non-hydrogen) atoms. The smallest absolute Gasteiger partial charge is 0.314 e. The van der Waals surface area contributed by atoms with E-state index in [-0.39, 0.29) is 0 Å². The van der Waals surface area contributed by atoms with Gasteiger partial charge in [0.15, 0.2) is 0 Å². The molecule has 2 aromatic carbocycles. The van der Waals surface area contributed by atoms with Crippen LogP contribution in [0.1, 0.15) is 24.5 Å². The van der Waals surface area contributed by atoms with Gasteiger partial charge in [0, 0.05) is 24.3 Å². The Morgan fingerprint density at radius 3 is 2.39 bits per heavy atom. The molecule has 0 spiro atoms. The monoisotopic (exact) mass is 445 g/mol. The number of rotatable bonds is 6. The van der Waals surface area contributed by atoms with Crippen LogP contribution in [0.5, 0.6) is 5.75 Å². The highest BCUT2D eigenvalue weighted by molar-refractivity contribution is 6.32. The van der Waals surface area contributed by atoms with Crippen molar-refractivity contribution in [2.75, 3.05) is 25.5 Å². The van der Waals surface area contributed by atoms with Crippen molar-refractivity contribution in [3.63, 3.8) is 0 Å². The van der Waals surface area contributed by atoms with Crippen LogP contribution in [0.15, 0.2) is 48.5 Å². The van der Waals surface area contributed by atoms with Crippen LogP contribution in [0.2, 0.25) is 5.02 Å². The zero-order valence-corrected chi connectivity index (χ0v) is 17.8. The third-order valence-corrected chi connectivity index (χ3v) is 5.43. The second kappa shape index (κ2) is 10.2. The van der Waals surface area contributed by atoms with E-state index in [4.69, 9.17) is 26.8 Å². The van der Waals surface area contributed by atoms with E-state index in [0.29, 0.717) is 48.0 Å². The first kappa shape index (κ1) is 22.4. The normalized spacial score (nSPS) is 15.1. The molecule has 8 nitrogen and oxygen atoms in total. The summed E-state index contributed by atoms with van der Waals surface area (Å²) in [5, 5.41) is 3.08. The molecule has 1 saturated heterocycles. The molecular formula is C22H24ClN3O5. The molecule has 1 aliphatic rings. The fourth-order valence-electron chi connectivity index (χ4n) is 3.40. The van der Waals surface area contributed by atoms with E-state index >= 15 is 0 Å². The molecule has 1 heterocycles. The summed E-state index contributed by atoms with van der Waals surface area (Å²) in [5.41, 5.74) is 6.28. The number of nitrogens with one attached hydrogen (secondary N) is 1. The average Bonchev–Trinajstić information content (AvgIpc) is 2.78. The van der Waals surface area contributed by atoms with Crippen LogP contribution >= 0.6 is 11.6 Å². The second-order valence-electron chi connectivity index (χ2n) is 7.17. The van der Waals surface area contributed by atoms with Gasteiger partial charge in [-0.25, -0.2) is 4.79 Å². The standard InChI is InChI=1S/C22H24ClN3O5/c1-30-18-8-7-16(13-17(18)23)25-20(27)19(14-5-3-2-4-6-14)31-21(28)15-9-11-26(12-10-15)22(24)29/h2-8,13,15,19H,9-12H2,1H3,(H2,24,29)(H,25,27)/t19-/m0/s1. The van der Waals surface area contributed by atoms with Crippen LogP contribution in [0.25, 0.3) is 0 Å². The molecule has 1 atom stereocenters. The van der Waals surface area contributed by atoms with E-state index in [1.54, 1.807) is 42.5 Å². The van der Waals surface area contributed by atoms with Gasteiger partial charge in [0.25, 0.3) is 5.91 Å². The number of esters is 1. The predicted molar refractivity (Wildman–Crippen MR) is 116 cm³/mol. The summed E-state index contributed by atoms with van der Waals surface area (Å²) in [6, 6.07) is 13.1. The third-order valence-electron chi connectivity index (χ3n) is 5.13. The number of anilines is 1. The Morgan fingerprint density at radius 1 is 1.13 bits per heavy atom. The van der Waals surface area contributed by atoms with Gasteiger partial charge in [-0.3, -0.25) is 9.59 Å². The van der Waals surface area contributed by atoms with Crippen LogP contribution in [0.3, 0.4) is 0 Å². The van der Waals surface area contributed by atoms with Crippen molar-refractivity contribution in [1.29, 1.82) is 0 Å². The number of primary amides is 1. The van der Waals surface area contributed by atoms with Crippen molar-refractivity contribution >= 4 is 35.2 Å². The quantitative estimate of drug-likeness (QED) is 0.662. The van der Waals surface area contributed by atoms with Crippen molar-refractivity contribution in [3.05, 3.63) is 59.1 Å². The summed E-state index contributed by atoms with van der Waals surface area (Å²) < 4.78 is 10.8. The van der Waals surface area contributed by atoms with Gasteiger partial charge in [-0.2, -0.15) is 0 Å². The largest absolute Gasteiger partial charge is 0.495 e. The molecule has 164 valence electrons. The Morgan fingerprint density at radius 2 is 1.81 bits per heavy atom.